The van der Waals surface area contributed by atoms with Crippen molar-refractivity contribution in [3.05, 3.63) is 176 Å². The van der Waals surface area contributed by atoms with Gasteiger partial charge in [-0.25, -0.2) is 9.97 Å². The van der Waals surface area contributed by atoms with Crippen molar-refractivity contribution in [2.24, 2.45) is 20.0 Å². The standard InChI is InChI=1S/C49H50N6.CH4/c1-30-25-32(3)48(33(4)26-30)52-38(9)46-15-11-13-44(54-46)36(7)50-42-21-17-40(18-22-42)29-41-19-23-43(24-20-41)51-37(8)45-14-12-16-47(55-45)39(10)53-49-34(5)27-31(2)28-35(49)6;/h11-28H,29H2,1-10H3;1H4. The van der Waals surface area contributed by atoms with E-state index in [2.05, 4.69) is 114 Å². The smallest absolute Gasteiger partial charge is 0.0849 e. The lowest BCUT2D eigenvalue weighted by Gasteiger charge is -2.09. The quantitative estimate of drug-likeness (QED) is 0.131. The van der Waals surface area contributed by atoms with Crippen LogP contribution in [0.3, 0.4) is 0 Å². The summed E-state index contributed by atoms with van der Waals surface area (Å²) >= 11 is 0. The fourth-order valence-electron chi connectivity index (χ4n) is 6.94. The van der Waals surface area contributed by atoms with Gasteiger partial charge in [-0.2, -0.15) is 0 Å². The first-order chi connectivity index (χ1) is 26.3. The Morgan fingerprint density at radius 3 is 1.00 bits per heavy atom. The number of aliphatic imine (C=N–C) groups is 4. The Balaban J connectivity index is 0.00000600. The van der Waals surface area contributed by atoms with Crippen molar-refractivity contribution in [3.8, 4) is 0 Å². The maximum Gasteiger partial charge on any atom is 0.0849 e. The number of aromatic nitrogens is 2. The third-order valence-corrected chi connectivity index (χ3v) is 9.69. The van der Waals surface area contributed by atoms with Crippen LogP contribution in [-0.4, -0.2) is 32.8 Å². The fourth-order valence-corrected chi connectivity index (χ4v) is 6.94. The summed E-state index contributed by atoms with van der Waals surface area (Å²) in [5, 5.41) is 0. The lowest BCUT2D eigenvalue weighted by atomic mass is 10.0. The second-order valence-electron chi connectivity index (χ2n) is 14.6. The van der Waals surface area contributed by atoms with Crippen LogP contribution >= 0.6 is 0 Å². The second kappa shape index (κ2) is 18.0. The minimum absolute atomic E-state index is 0. The highest BCUT2D eigenvalue weighted by Crippen LogP contribution is 2.28. The number of hydrogen-bond acceptors (Lipinski definition) is 6. The average molecular weight is 739 g/mol. The van der Waals surface area contributed by atoms with Gasteiger partial charge in [0.25, 0.3) is 0 Å². The number of hydrogen-bond donors (Lipinski definition) is 0. The topological polar surface area (TPSA) is 75.2 Å². The van der Waals surface area contributed by atoms with Gasteiger partial charge in [0.2, 0.25) is 0 Å². The molecule has 0 saturated heterocycles. The van der Waals surface area contributed by atoms with Crippen LogP contribution in [0.2, 0.25) is 0 Å². The van der Waals surface area contributed by atoms with Crippen LogP contribution in [0.1, 0.15) is 102 Å². The molecule has 0 N–H and O–H groups in total. The highest BCUT2D eigenvalue weighted by molar-refractivity contribution is 6.03. The van der Waals surface area contributed by atoms with Crippen molar-refractivity contribution in [2.75, 3.05) is 0 Å². The molecule has 4 aromatic carbocycles. The Hall–Kier alpha value is -6.14. The summed E-state index contributed by atoms with van der Waals surface area (Å²) < 4.78 is 0. The molecule has 0 radical (unpaired) electrons. The molecule has 0 unspecified atom stereocenters. The number of nitrogens with zero attached hydrogens (tertiary/aromatic N) is 6. The zero-order chi connectivity index (χ0) is 39.2. The van der Waals surface area contributed by atoms with Gasteiger partial charge in [0.05, 0.1) is 68.4 Å². The van der Waals surface area contributed by atoms with Gasteiger partial charge in [0, 0.05) is 0 Å². The van der Waals surface area contributed by atoms with Gasteiger partial charge in [-0.15, -0.1) is 0 Å². The molecule has 2 aromatic heterocycles. The van der Waals surface area contributed by atoms with Gasteiger partial charge < -0.3 is 0 Å². The van der Waals surface area contributed by atoms with Gasteiger partial charge in [-0.1, -0.05) is 79.2 Å². The normalized spacial score (nSPS) is 12.5. The summed E-state index contributed by atoms with van der Waals surface area (Å²) in [6.07, 6.45) is 0.816. The molecule has 0 amide bonds. The molecule has 6 nitrogen and oxygen atoms in total. The van der Waals surface area contributed by atoms with Crippen molar-refractivity contribution >= 4 is 45.6 Å². The predicted molar refractivity (Wildman–Crippen MR) is 240 cm³/mol. The van der Waals surface area contributed by atoms with Gasteiger partial charge in [0.15, 0.2) is 0 Å². The summed E-state index contributed by atoms with van der Waals surface area (Å²) in [6.45, 7) is 20.7. The third kappa shape index (κ3) is 10.1. The summed E-state index contributed by atoms with van der Waals surface area (Å²) in [5.41, 5.74) is 20.2. The van der Waals surface area contributed by atoms with Crippen molar-refractivity contribution in [3.63, 3.8) is 0 Å². The Morgan fingerprint density at radius 1 is 0.411 bits per heavy atom. The number of pyridine rings is 2. The van der Waals surface area contributed by atoms with E-state index >= 15 is 0 Å². The van der Waals surface area contributed by atoms with Gasteiger partial charge in [0.1, 0.15) is 0 Å². The van der Waals surface area contributed by atoms with E-state index in [9.17, 15) is 0 Å². The maximum absolute atomic E-state index is 4.95. The molecule has 6 aromatic rings. The molecule has 2 heterocycles. The van der Waals surface area contributed by atoms with E-state index in [4.69, 9.17) is 29.9 Å². The van der Waals surface area contributed by atoms with Crippen molar-refractivity contribution in [2.45, 2.75) is 83.1 Å². The summed E-state index contributed by atoms with van der Waals surface area (Å²) in [5.74, 6) is 0. The molecule has 0 spiro atoms. The van der Waals surface area contributed by atoms with Crippen molar-refractivity contribution in [1.82, 2.24) is 9.97 Å². The molecule has 0 fully saturated rings. The lowest BCUT2D eigenvalue weighted by molar-refractivity contribution is 1.19. The van der Waals surface area contributed by atoms with E-state index in [1.165, 1.54) is 44.5 Å². The highest BCUT2D eigenvalue weighted by atomic mass is 14.8. The van der Waals surface area contributed by atoms with Crippen LogP contribution in [0.15, 0.2) is 129 Å². The van der Waals surface area contributed by atoms with E-state index in [0.717, 1.165) is 74.8 Å². The van der Waals surface area contributed by atoms with Crippen LogP contribution in [0, 0.1) is 41.5 Å². The first-order valence-electron chi connectivity index (χ1n) is 18.8. The Morgan fingerprint density at radius 2 is 0.696 bits per heavy atom. The van der Waals surface area contributed by atoms with E-state index in [0.29, 0.717) is 0 Å². The van der Waals surface area contributed by atoms with Crippen LogP contribution in [0.4, 0.5) is 22.7 Å². The molecule has 56 heavy (non-hydrogen) atoms. The third-order valence-electron chi connectivity index (χ3n) is 9.69. The summed E-state index contributed by atoms with van der Waals surface area (Å²) in [7, 11) is 0. The van der Waals surface area contributed by atoms with E-state index in [-0.39, 0.29) is 7.43 Å². The van der Waals surface area contributed by atoms with Crippen LogP contribution in [0.5, 0.6) is 0 Å². The molecule has 0 aliphatic carbocycles. The Kier molecular flexibility index (Phi) is 13.2. The van der Waals surface area contributed by atoms with E-state index in [1.54, 1.807) is 0 Å². The molecule has 0 atom stereocenters. The van der Waals surface area contributed by atoms with Crippen molar-refractivity contribution in [1.29, 1.82) is 0 Å². The summed E-state index contributed by atoms with van der Waals surface area (Å²) in [6, 6.07) is 37.6. The molecular formula is C50H54N6. The monoisotopic (exact) mass is 738 g/mol. The molecule has 0 aliphatic rings. The van der Waals surface area contributed by atoms with E-state index < -0.39 is 0 Å². The van der Waals surface area contributed by atoms with Gasteiger partial charge in [-0.3, -0.25) is 20.0 Å². The molecule has 0 saturated carbocycles. The Labute approximate surface area is 334 Å². The first kappa shape index (κ1) is 41.0. The first-order valence-corrected chi connectivity index (χ1v) is 18.8. The van der Waals surface area contributed by atoms with Gasteiger partial charge >= 0.3 is 0 Å². The second-order valence-corrected chi connectivity index (χ2v) is 14.6. The largest absolute Gasteiger partial charge is 0.252 e. The van der Waals surface area contributed by atoms with E-state index in [1.807, 2.05) is 64.1 Å². The van der Waals surface area contributed by atoms with Gasteiger partial charge in [-0.05, 0) is 158 Å². The number of aryl methyl sites for hydroxylation is 6. The molecule has 0 aliphatic heterocycles. The maximum atomic E-state index is 4.95. The lowest BCUT2D eigenvalue weighted by Crippen LogP contribution is -2.05. The highest BCUT2D eigenvalue weighted by Gasteiger charge is 2.10. The molecule has 0 bridgehead atoms. The molecule has 284 valence electrons. The van der Waals surface area contributed by atoms with Crippen LogP contribution in [-0.2, 0) is 6.42 Å². The molecular weight excluding hydrogens is 685 g/mol. The molecule has 6 rings (SSSR count). The molecule has 6 heteroatoms. The zero-order valence-electron chi connectivity index (χ0n) is 33.8. The van der Waals surface area contributed by atoms with Crippen LogP contribution in [0.25, 0.3) is 0 Å². The number of rotatable bonds is 10. The Bertz CT molecular complexity index is 2260. The van der Waals surface area contributed by atoms with Crippen LogP contribution < -0.4 is 0 Å². The zero-order valence-corrected chi connectivity index (χ0v) is 33.8. The number of benzene rings is 4. The predicted octanol–water partition coefficient (Wildman–Crippen LogP) is 13.1. The van der Waals surface area contributed by atoms with Crippen molar-refractivity contribution < 1.29 is 0 Å². The minimum Gasteiger partial charge on any atom is -0.252 e. The average Bonchev–Trinajstić information content (AvgIpc) is 3.16. The SMILES string of the molecule is C.CC(=Nc1ccc(Cc2ccc(N=C(C)c3cccc(C(C)=Nc4c(C)cc(C)cc4C)n3)cc2)cc1)c1cccc(C(C)=Nc2c(C)cc(C)cc2C)n1. The summed E-state index contributed by atoms with van der Waals surface area (Å²) in [4.78, 5) is 29.5. The minimum atomic E-state index is 0. The fraction of sp³-hybridized carbons (Fsp3) is 0.240.